The van der Waals surface area contributed by atoms with Crippen molar-refractivity contribution in [1.82, 2.24) is 4.90 Å². The van der Waals surface area contributed by atoms with Crippen molar-refractivity contribution in [3.05, 3.63) is 204 Å². The lowest BCUT2D eigenvalue weighted by molar-refractivity contribution is -0.230. The Bertz CT molecular complexity index is 2170. The van der Waals surface area contributed by atoms with Crippen molar-refractivity contribution in [2.75, 3.05) is 13.2 Å². The highest BCUT2D eigenvalue weighted by Crippen LogP contribution is 2.40. The molecule has 0 aliphatic carbocycles. The van der Waals surface area contributed by atoms with E-state index in [0.717, 1.165) is 22.3 Å². The van der Waals surface area contributed by atoms with Gasteiger partial charge in [-0.1, -0.05) is 203 Å². The van der Waals surface area contributed by atoms with Gasteiger partial charge >= 0.3 is 5.97 Å². The Labute approximate surface area is 369 Å². The lowest BCUT2D eigenvalue weighted by Gasteiger charge is -2.54. The van der Waals surface area contributed by atoms with Gasteiger partial charge in [0, 0.05) is 12.6 Å². The van der Waals surface area contributed by atoms with E-state index in [-0.39, 0.29) is 24.0 Å². The van der Waals surface area contributed by atoms with Crippen LogP contribution in [0.5, 0.6) is 0 Å². The van der Waals surface area contributed by atoms with Gasteiger partial charge in [-0.15, -0.1) is 0 Å². The van der Waals surface area contributed by atoms with Crippen LogP contribution in [0, 0.1) is 0 Å². The molecule has 0 radical (unpaired) electrons. The first-order valence-corrected chi connectivity index (χ1v) is 23.8. The molecule has 7 nitrogen and oxygen atoms in total. The average molecular weight is 848 g/mol. The summed E-state index contributed by atoms with van der Waals surface area (Å²) in [7, 11) is -3.05. The molecule has 0 unspecified atom stereocenters. The number of benzene rings is 6. The zero-order valence-corrected chi connectivity index (χ0v) is 37.6. The molecule has 322 valence electrons. The van der Waals surface area contributed by atoms with E-state index in [9.17, 15) is 4.79 Å². The van der Waals surface area contributed by atoms with E-state index < -0.39 is 38.7 Å². The fraction of sp³-hybridized carbons (Fsp3) is 0.315. The normalized spacial score (nSPS) is 19.5. The molecule has 6 aromatic carbocycles. The Morgan fingerprint density at radius 2 is 0.887 bits per heavy atom. The quantitative estimate of drug-likeness (QED) is 0.0595. The molecule has 1 saturated heterocycles. The molecule has 0 amide bonds. The maximum absolute atomic E-state index is 13.9. The second-order valence-corrected chi connectivity index (χ2v) is 21.4. The first kappa shape index (κ1) is 44.8. The van der Waals surface area contributed by atoms with E-state index in [4.69, 9.17) is 23.4 Å². The molecule has 6 aromatic rings. The highest BCUT2D eigenvalue weighted by molar-refractivity contribution is 6.99. The van der Waals surface area contributed by atoms with Crippen molar-refractivity contribution in [1.29, 1.82) is 0 Å². The molecule has 1 heterocycles. The maximum atomic E-state index is 13.9. The lowest BCUT2D eigenvalue weighted by Crippen LogP contribution is -2.71. The van der Waals surface area contributed by atoms with Gasteiger partial charge in [-0.25, -0.2) is 0 Å². The van der Waals surface area contributed by atoms with E-state index in [1.165, 1.54) is 10.4 Å². The summed E-state index contributed by atoms with van der Waals surface area (Å²) in [6, 6.07) is 61.7. The van der Waals surface area contributed by atoms with E-state index in [1.54, 1.807) is 0 Å². The highest BCUT2D eigenvalue weighted by Gasteiger charge is 2.55. The number of ether oxygens (including phenoxy) is 4. The Hall–Kier alpha value is -5.19. The number of hydrogen-bond donors (Lipinski definition) is 0. The van der Waals surface area contributed by atoms with Gasteiger partial charge < -0.3 is 23.4 Å². The number of likely N-dealkylation sites (tertiary alicyclic amines) is 1. The van der Waals surface area contributed by atoms with Crippen molar-refractivity contribution in [2.45, 2.75) is 95.9 Å². The SMILES string of the molecule is CCOC(=O)C[C@@H]1[C@H](OCc2ccccc2)[C@@H](OCc2ccccc2)[C@H](OCc2ccccc2)[C@@H](CO[Si](c2ccccc2)(c2ccccc2)C(C)(C)C)N1Cc1ccccc1. The molecule has 1 aliphatic heterocycles. The summed E-state index contributed by atoms with van der Waals surface area (Å²) in [5.41, 5.74) is 4.21. The van der Waals surface area contributed by atoms with E-state index in [2.05, 4.69) is 147 Å². The summed E-state index contributed by atoms with van der Waals surface area (Å²) in [5, 5.41) is 2.11. The molecule has 0 N–H and O–H groups in total. The maximum Gasteiger partial charge on any atom is 0.307 e. The van der Waals surface area contributed by atoms with Crippen LogP contribution in [0.15, 0.2) is 182 Å². The molecule has 1 fully saturated rings. The molecule has 8 heteroatoms. The summed E-state index contributed by atoms with van der Waals surface area (Å²) in [6.07, 6.45) is -1.68. The Balaban J connectivity index is 1.40. The number of esters is 1. The molecule has 1 aliphatic rings. The van der Waals surface area contributed by atoms with Crippen LogP contribution in [-0.2, 0) is 54.5 Å². The van der Waals surface area contributed by atoms with Crippen molar-refractivity contribution in [2.24, 2.45) is 0 Å². The highest BCUT2D eigenvalue weighted by atomic mass is 28.4. The van der Waals surface area contributed by atoms with Gasteiger partial charge in [-0.2, -0.15) is 0 Å². The Morgan fingerprint density at radius 1 is 0.516 bits per heavy atom. The summed E-state index contributed by atoms with van der Waals surface area (Å²) in [5.74, 6) is -0.291. The first-order chi connectivity index (χ1) is 30.3. The summed E-state index contributed by atoms with van der Waals surface area (Å²) in [4.78, 5) is 16.3. The first-order valence-electron chi connectivity index (χ1n) is 21.9. The van der Waals surface area contributed by atoms with Crippen molar-refractivity contribution >= 4 is 24.7 Å². The second kappa shape index (κ2) is 21.7. The van der Waals surface area contributed by atoms with Crippen molar-refractivity contribution < 1.29 is 28.2 Å². The van der Waals surface area contributed by atoms with E-state index in [1.807, 2.05) is 67.6 Å². The van der Waals surface area contributed by atoms with Crippen LogP contribution in [0.2, 0.25) is 5.04 Å². The number of rotatable bonds is 19. The molecule has 0 saturated carbocycles. The third-order valence-corrected chi connectivity index (χ3v) is 16.9. The van der Waals surface area contributed by atoms with Crippen LogP contribution in [0.3, 0.4) is 0 Å². The van der Waals surface area contributed by atoms with Gasteiger partial charge in [0.15, 0.2) is 0 Å². The Kier molecular flexibility index (Phi) is 15.7. The molecule has 0 aromatic heterocycles. The van der Waals surface area contributed by atoms with Crippen LogP contribution in [0.4, 0.5) is 0 Å². The summed E-state index contributed by atoms with van der Waals surface area (Å²) in [6.45, 7) is 10.8. The van der Waals surface area contributed by atoms with Crippen LogP contribution in [0.1, 0.15) is 56.4 Å². The minimum Gasteiger partial charge on any atom is -0.466 e. The molecule has 5 atom stereocenters. The van der Waals surface area contributed by atoms with Crippen LogP contribution < -0.4 is 10.4 Å². The molecular weight excluding hydrogens is 787 g/mol. The van der Waals surface area contributed by atoms with E-state index >= 15 is 0 Å². The van der Waals surface area contributed by atoms with Gasteiger partial charge in [-0.05, 0) is 44.6 Å². The molecule has 7 rings (SSSR count). The van der Waals surface area contributed by atoms with E-state index in [0.29, 0.717) is 33.0 Å². The van der Waals surface area contributed by atoms with Gasteiger partial charge in [-0.3, -0.25) is 9.69 Å². The topological polar surface area (TPSA) is 66.5 Å². The van der Waals surface area contributed by atoms with Crippen LogP contribution in [0.25, 0.3) is 0 Å². The van der Waals surface area contributed by atoms with Crippen molar-refractivity contribution in [3.63, 3.8) is 0 Å². The number of carbonyl (C=O) groups excluding carboxylic acids is 1. The van der Waals surface area contributed by atoms with Gasteiger partial charge in [0.1, 0.15) is 18.3 Å². The minimum absolute atomic E-state index is 0.0897. The fourth-order valence-corrected chi connectivity index (χ4v) is 13.5. The molecule has 0 bridgehead atoms. The van der Waals surface area contributed by atoms with Gasteiger partial charge in [0.25, 0.3) is 8.32 Å². The monoisotopic (exact) mass is 847 g/mol. The molecule has 0 spiro atoms. The largest absolute Gasteiger partial charge is 0.466 e. The third-order valence-electron chi connectivity index (χ3n) is 11.9. The van der Waals surface area contributed by atoms with Crippen molar-refractivity contribution in [3.8, 4) is 0 Å². The van der Waals surface area contributed by atoms with Crippen LogP contribution >= 0.6 is 0 Å². The minimum atomic E-state index is -3.05. The predicted octanol–water partition coefficient (Wildman–Crippen LogP) is 9.53. The fourth-order valence-electron chi connectivity index (χ4n) is 8.97. The molecule has 62 heavy (non-hydrogen) atoms. The summed E-state index contributed by atoms with van der Waals surface area (Å²) < 4.78 is 35.1. The second-order valence-electron chi connectivity index (χ2n) is 17.1. The predicted molar refractivity (Wildman–Crippen MR) is 249 cm³/mol. The number of carbonyl (C=O) groups is 1. The number of hydrogen-bond acceptors (Lipinski definition) is 7. The number of piperidine rings is 1. The van der Waals surface area contributed by atoms with Crippen LogP contribution in [-0.4, -0.2) is 62.8 Å². The molecular formula is C54H61NO6Si. The standard InChI is InChI=1S/C54H61NO6Si/c1-5-57-50(56)36-48-51(58-38-43-26-14-7-15-27-43)53(60-40-45-30-18-9-19-31-45)52(59-39-44-28-16-8-17-29-44)49(55(48)37-42-24-12-6-13-25-42)41-61-62(54(2,3)4,46-32-20-10-21-33-46)47-34-22-11-23-35-47/h6-35,48-49,51-53H,5,36-41H2,1-4H3/t48-,49-,51+,52-,53-/m1/s1. The van der Waals surface area contributed by atoms with Gasteiger partial charge in [0.2, 0.25) is 0 Å². The van der Waals surface area contributed by atoms with Gasteiger partial charge in [0.05, 0.1) is 45.5 Å². The number of nitrogens with zero attached hydrogens (tertiary/aromatic N) is 1. The Morgan fingerprint density at radius 3 is 1.29 bits per heavy atom. The third kappa shape index (κ3) is 11.1. The lowest BCUT2D eigenvalue weighted by atomic mass is 9.85. The smallest absolute Gasteiger partial charge is 0.307 e. The zero-order valence-electron chi connectivity index (χ0n) is 36.6. The zero-order chi connectivity index (χ0) is 43.2. The average Bonchev–Trinajstić information content (AvgIpc) is 3.30. The summed E-state index contributed by atoms with van der Waals surface area (Å²) >= 11 is 0.